The molecule has 0 amide bonds. The van der Waals surface area contributed by atoms with Gasteiger partial charge in [-0.1, -0.05) is 106 Å². The maximum Gasteiger partial charge on any atom is 0.0537 e. The van der Waals surface area contributed by atoms with E-state index in [4.69, 9.17) is 0 Å². The van der Waals surface area contributed by atoms with Gasteiger partial charge in [-0.25, -0.2) is 0 Å². The molecule has 0 bridgehead atoms. The van der Waals surface area contributed by atoms with Crippen LogP contribution in [0.15, 0.2) is 91.0 Å². The van der Waals surface area contributed by atoms with E-state index in [1.807, 2.05) is 0 Å². The summed E-state index contributed by atoms with van der Waals surface area (Å²) in [5.74, 6) is 0. The second-order valence-electron chi connectivity index (χ2n) is 8.69. The van der Waals surface area contributed by atoms with Crippen LogP contribution in [0, 0.1) is 6.92 Å². The van der Waals surface area contributed by atoms with Crippen molar-refractivity contribution in [2.75, 3.05) is 4.90 Å². The SMILES string of the molecule is CCc1ccc(N(c2ccccc2)c2c(C)cccc2CC)c(/C=C/c2ccccc2)c1CC. The van der Waals surface area contributed by atoms with Gasteiger partial charge in [-0.2, -0.15) is 0 Å². The lowest BCUT2D eigenvalue weighted by Crippen LogP contribution is -2.16. The Morgan fingerprint density at radius 2 is 1.29 bits per heavy atom. The number of para-hydroxylation sites is 2. The van der Waals surface area contributed by atoms with Crippen LogP contribution in [-0.4, -0.2) is 0 Å². The standard InChI is InChI=1S/C33H35N/c1-5-27-22-24-32(31(30(27)7-3)23-21-26-16-10-8-11-17-26)34(29-19-12-9-13-20-29)33-25(4)15-14-18-28(33)6-2/h8-24H,5-7H2,1-4H3/b23-21+. The Kier molecular flexibility index (Phi) is 7.65. The van der Waals surface area contributed by atoms with E-state index in [9.17, 15) is 0 Å². The number of hydrogen-bond acceptors (Lipinski definition) is 1. The van der Waals surface area contributed by atoms with Crippen LogP contribution >= 0.6 is 0 Å². The predicted molar refractivity (Wildman–Crippen MR) is 149 cm³/mol. The first-order valence-electron chi connectivity index (χ1n) is 12.5. The van der Waals surface area contributed by atoms with Crippen molar-refractivity contribution in [3.63, 3.8) is 0 Å². The Morgan fingerprint density at radius 3 is 1.94 bits per heavy atom. The highest BCUT2D eigenvalue weighted by atomic mass is 15.1. The lowest BCUT2D eigenvalue weighted by molar-refractivity contribution is 1.03. The van der Waals surface area contributed by atoms with E-state index in [1.165, 1.54) is 50.4 Å². The Labute approximate surface area is 205 Å². The minimum atomic E-state index is 0.989. The monoisotopic (exact) mass is 445 g/mol. The fourth-order valence-corrected chi connectivity index (χ4v) is 4.86. The smallest absolute Gasteiger partial charge is 0.0537 e. The molecule has 0 N–H and O–H groups in total. The quantitative estimate of drug-likeness (QED) is 0.244. The fourth-order valence-electron chi connectivity index (χ4n) is 4.86. The van der Waals surface area contributed by atoms with Crippen molar-refractivity contribution in [1.29, 1.82) is 0 Å². The molecule has 0 saturated heterocycles. The molecule has 0 aliphatic rings. The molecule has 0 atom stereocenters. The van der Waals surface area contributed by atoms with Gasteiger partial charge in [-0.15, -0.1) is 0 Å². The fraction of sp³-hybridized carbons (Fsp3) is 0.212. The Balaban J connectivity index is 2.01. The van der Waals surface area contributed by atoms with Crippen LogP contribution in [0.2, 0.25) is 0 Å². The van der Waals surface area contributed by atoms with Gasteiger partial charge in [0.25, 0.3) is 0 Å². The average Bonchev–Trinajstić information content (AvgIpc) is 2.89. The first-order chi connectivity index (χ1) is 16.7. The van der Waals surface area contributed by atoms with Gasteiger partial charge in [0.1, 0.15) is 0 Å². The minimum Gasteiger partial charge on any atom is -0.309 e. The molecule has 4 aromatic carbocycles. The van der Waals surface area contributed by atoms with E-state index >= 15 is 0 Å². The van der Waals surface area contributed by atoms with Crippen molar-refractivity contribution in [3.8, 4) is 0 Å². The second kappa shape index (κ2) is 11.0. The lowest BCUT2D eigenvalue weighted by Gasteiger charge is -2.32. The van der Waals surface area contributed by atoms with Crippen LogP contribution in [-0.2, 0) is 19.3 Å². The highest BCUT2D eigenvalue weighted by molar-refractivity contribution is 5.88. The number of rotatable bonds is 8. The van der Waals surface area contributed by atoms with Gasteiger partial charge >= 0.3 is 0 Å². The number of hydrogen-bond donors (Lipinski definition) is 0. The zero-order valence-electron chi connectivity index (χ0n) is 20.9. The van der Waals surface area contributed by atoms with Crippen molar-refractivity contribution in [2.45, 2.75) is 47.0 Å². The van der Waals surface area contributed by atoms with E-state index in [1.54, 1.807) is 0 Å². The zero-order valence-corrected chi connectivity index (χ0v) is 20.9. The molecule has 0 aliphatic carbocycles. The molecule has 0 saturated carbocycles. The summed E-state index contributed by atoms with van der Waals surface area (Å²) in [4.78, 5) is 2.47. The lowest BCUT2D eigenvalue weighted by atomic mass is 9.93. The van der Waals surface area contributed by atoms with E-state index in [2.05, 4.69) is 136 Å². The molecule has 1 heteroatoms. The molecule has 0 aromatic heterocycles. The van der Waals surface area contributed by atoms with Crippen LogP contribution < -0.4 is 4.90 Å². The Morgan fingerprint density at radius 1 is 0.618 bits per heavy atom. The van der Waals surface area contributed by atoms with Crippen LogP contribution in [0.25, 0.3) is 12.2 Å². The average molecular weight is 446 g/mol. The predicted octanol–water partition coefficient (Wildman–Crippen LogP) is 9.32. The largest absolute Gasteiger partial charge is 0.309 e. The van der Waals surface area contributed by atoms with Gasteiger partial charge in [-0.05, 0) is 72.2 Å². The third-order valence-electron chi connectivity index (χ3n) is 6.59. The summed E-state index contributed by atoms with van der Waals surface area (Å²) in [7, 11) is 0. The summed E-state index contributed by atoms with van der Waals surface area (Å²) in [6.45, 7) is 9.00. The van der Waals surface area contributed by atoms with Crippen LogP contribution in [0.1, 0.15) is 54.2 Å². The molecule has 1 nitrogen and oxygen atoms in total. The maximum absolute atomic E-state index is 2.47. The molecule has 4 aromatic rings. The maximum atomic E-state index is 2.47. The molecule has 0 spiro atoms. The minimum absolute atomic E-state index is 0.989. The third-order valence-corrected chi connectivity index (χ3v) is 6.59. The van der Waals surface area contributed by atoms with Crippen LogP contribution in [0.5, 0.6) is 0 Å². The van der Waals surface area contributed by atoms with Gasteiger partial charge in [0.2, 0.25) is 0 Å². The summed E-state index contributed by atoms with van der Waals surface area (Å²) in [5, 5.41) is 0. The van der Waals surface area contributed by atoms with Gasteiger partial charge < -0.3 is 4.90 Å². The Hall–Kier alpha value is -3.58. The van der Waals surface area contributed by atoms with Crippen LogP contribution in [0.4, 0.5) is 17.1 Å². The molecule has 4 rings (SSSR count). The van der Waals surface area contributed by atoms with Gasteiger partial charge in [0.05, 0.1) is 11.4 Å². The highest BCUT2D eigenvalue weighted by Gasteiger charge is 2.21. The molecule has 0 aliphatic heterocycles. The van der Waals surface area contributed by atoms with E-state index in [0.717, 1.165) is 19.3 Å². The van der Waals surface area contributed by atoms with Crippen LogP contribution in [0.3, 0.4) is 0 Å². The van der Waals surface area contributed by atoms with E-state index in [0.29, 0.717) is 0 Å². The van der Waals surface area contributed by atoms with E-state index in [-0.39, 0.29) is 0 Å². The summed E-state index contributed by atoms with van der Waals surface area (Å²) in [5.41, 5.74) is 11.7. The first-order valence-corrected chi connectivity index (χ1v) is 12.5. The highest BCUT2D eigenvalue weighted by Crippen LogP contribution is 2.42. The zero-order chi connectivity index (χ0) is 23.9. The summed E-state index contributed by atoms with van der Waals surface area (Å²) < 4.78 is 0. The van der Waals surface area contributed by atoms with Crippen molar-refractivity contribution in [3.05, 3.63) is 124 Å². The topological polar surface area (TPSA) is 3.24 Å². The number of nitrogens with zero attached hydrogens (tertiary/aromatic N) is 1. The molecule has 0 fully saturated rings. The summed E-state index contributed by atoms with van der Waals surface area (Å²) in [6.07, 6.45) is 7.60. The molecule has 0 radical (unpaired) electrons. The summed E-state index contributed by atoms with van der Waals surface area (Å²) >= 11 is 0. The number of anilines is 3. The molecular formula is C33H35N. The first kappa shape index (κ1) is 23.6. The molecule has 34 heavy (non-hydrogen) atoms. The van der Waals surface area contributed by atoms with Crippen molar-refractivity contribution >= 4 is 29.2 Å². The molecule has 172 valence electrons. The number of aryl methyl sites for hydroxylation is 3. The van der Waals surface area contributed by atoms with E-state index < -0.39 is 0 Å². The molecular weight excluding hydrogens is 410 g/mol. The third kappa shape index (κ3) is 4.84. The molecule has 0 heterocycles. The summed E-state index contributed by atoms with van der Waals surface area (Å²) in [6, 6.07) is 32.7. The van der Waals surface area contributed by atoms with Crippen molar-refractivity contribution in [2.24, 2.45) is 0 Å². The Bertz CT molecular complexity index is 1250. The van der Waals surface area contributed by atoms with Gasteiger partial charge in [-0.3, -0.25) is 0 Å². The van der Waals surface area contributed by atoms with Gasteiger partial charge in [0, 0.05) is 11.3 Å². The van der Waals surface area contributed by atoms with Gasteiger partial charge in [0.15, 0.2) is 0 Å². The van der Waals surface area contributed by atoms with Crippen molar-refractivity contribution < 1.29 is 0 Å². The molecule has 0 unspecified atom stereocenters. The number of benzene rings is 4. The second-order valence-corrected chi connectivity index (χ2v) is 8.69. The van der Waals surface area contributed by atoms with Crippen molar-refractivity contribution in [1.82, 2.24) is 0 Å². The normalized spacial score (nSPS) is 11.2.